The van der Waals surface area contributed by atoms with E-state index in [4.69, 9.17) is 9.84 Å². The van der Waals surface area contributed by atoms with Crippen LogP contribution in [0.25, 0.3) is 0 Å². The number of amides is 2. The van der Waals surface area contributed by atoms with Crippen molar-refractivity contribution in [1.29, 1.82) is 0 Å². The van der Waals surface area contributed by atoms with Gasteiger partial charge in [-0.05, 0) is 14.0 Å². The van der Waals surface area contributed by atoms with Crippen LogP contribution in [0.4, 0.5) is 4.79 Å². The van der Waals surface area contributed by atoms with E-state index in [1.165, 1.54) is 7.11 Å². The Balaban J connectivity index is 2.39. The lowest BCUT2D eigenvalue weighted by Gasteiger charge is -2.38. The average Bonchev–Trinajstić information content (AvgIpc) is 2.33. The second-order valence-corrected chi connectivity index (χ2v) is 4.95. The first-order chi connectivity index (χ1) is 8.93. The summed E-state index contributed by atoms with van der Waals surface area (Å²) in [5.41, 5.74) is 0. The first-order valence-electron chi connectivity index (χ1n) is 6.41. The molecule has 0 saturated carbocycles. The molecule has 110 valence electrons. The summed E-state index contributed by atoms with van der Waals surface area (Å²) in [6.45, 7) is 4.58. The molecule has 2 amide bonds. The summed E-state index contributed by atoms with van der Waals surface area (Å²) < 4.78 is 5.02. The van der Waals surface area contributed by atoms with Crippen molar-refractivity contribution < 1.29 is 19.4 Å². The molecule has 0 spiro atoms. The van der Waals surface area contributed by atoms with Crippen LogP contribution in [0, 0.1) is 0 Å². The van der Waals surface area contributed by atoms with Gasteiger partial charge in [-0.3, -0.25) is 4.79 Å². The minimum absolute atomic E-state index is 0.116. The molecule has 0 aromatic carbocycles. The van der Waals surface area contributed by atoms with Crippen LogP contribution in [0.5, 0.6) is 0 Å². The predicted octanol–water partition coefficient (Wildman–Crippen LogP) is -0.178. The number of carboxylic acid groups (broad SMARTS) is 1. The number of carbonyl (C=O) groups is 2. The number of hydrogen-bond donors (Lipinski definition) is 2. The lowest BCUT2D eigenvalue weighted by molar-refractivity contribution is -0.139. The number of rotatable bonds is 5. The van der Waals surface area contributed by atoms with Crippen LogP contribution >= 0.6 is 0 Å². The third kappa shape index (κ3) is 5.04. The number of carbonyl (C=O) groups excluding carboxylic acids is 1. The molecule has 0 aliphatic carbocycles. The highest BCUT2D eigenvalue weighted by molar-refractivity contribution is 5.75. The molecular weight excluding hydrogens is 250 g/mol. The third-order valence-corrected chi connectivity index (χ3v) is 3.31. The monoisotopic (exact) mass is 273 g/mol. The largest absolute Gasteiger partial charge is 0.481 e. The topological polar surface area (TPSA) is 82.1 Å². The molecule has 1 aliphatic rings. The number of methoxy groups -OCH3 is 1. The van der Waals surface area contributed by atoms with E-state index in [0.717, 1.165) is 13.1 Å². The second-order valence-electron chi connectivity index (χ2n) is 4.95. The van der Waals surface area contributed by atoms with E-state index in [2.05, 4.69) is 10.2 Å². The van der Waals surface area contributed by atoms with Gasteiger partial charge in [0.05, 0.1) is 12.5 Å². The van der Waals surface area contributed by atoms with E-state index in [1.807, 2.05) is 14.0 Å². The molecule has 1 rings (SSSR count). The predicted molar refractivity (Wildman–Crippen MR) is 70.1 cm³/mol. The summed E-state index contributed by atoms with van der Waals surface area (Å²) in [4.78, 5) is 26.6. The van der Waals surface area contributed by atoms with E-state index in [0.29, 0.717) is 6.54 Å². The van der Waals surface area contributed by atoms with E-state index >= 15 is 0 Å². The summed E-state index contributed by atoms with van der Waals surface area (Å²) in [5.74, 6) is -0.936. The number of hydrogen-bond acceptors (Lipinski definition) is 4. The number of urea groups is 1. The van der Waals surface area contributed by atoms with Crippen molar-refractivity contribution in [2.75, 3.05) is 40.3 Å². The standard InChI is InChI=1S/C12H23N3O4/c1-9-8-14(2)4-5-15(9)12(18)13-7-10(19-3)6-11(16)17/h9-10H,4-8H2,1-3H3,(H,13,18)(H,16,17). The highest BCUT2D eigenvalue weighted by atomic mass is 16.5. The van der Waals surface area contributed by atoms with Crippen molar-refractivity contribution in [1.82, 2.24) is 15.1 Å². The van der Waals surface area contributed by atoms with Gasteiger partial charge in [0.25, 0.3) is 0 Å². The summed E-state index contributed by atoms with van der Waals surface area (Å²) >= 11 is 0. The van der Waals surface area contributed by atoms with Crippen molar-refractivity contribution in [3.8, 4) is 0 Å². The summed E-state index contributed by atoms with van der Waals surface area (Å²) in [6, 6.07) is -0.00717. The zero-order valence-electron chi connectivity index (χ0n) is 11.8. The molecule has 7 nitrogen and oxygen atoms in total. The van der Waals surface area contributed by atoms with Crippen LogP contribution in [-0.2, 0) is 9.53 Å². The fourth-order valence-electron chi connectivity index (χ4n) is 2.18. The molecule has 7 heteroatoms. The number of likely N-dealkylation sites (N-methyl/N-ethyl adjacent to an activating group) is 1. The Labute approximate surface area is 113 Å². The quantitative estimate of drug-likeness (QED) is 0.726. The summed E-state index contributed by atoms with van der Waals surface area (Å²) in [5, 5.41) is 11.4. The Morgan fingerprint density at radius 1 is 1.47 bits per heavy atom. The fraction of sp³-hybridized carbons (Fsp3) is 0.833. The number of piperazine rings is 1. The minimum Gasteiger partial charge on any atom is -0.481 e. The summed E-state index contributed by atoms with van der Waals surface area (Å²) in [6.07, 6.45) is -0.612. The Morgan fingerprint density at radius 2 is 2.16 bits per heavy atom. The maximum Gasteiger partial charge on any atom is 0.317 e. The van der Waals surface area contributed by atoms with Crippen molar-refractivity contribution in [3.05, 3.63) is 0 Å². The molecular formula is C12H23N3O4. The van der Waals surface area contributed by atoms with Gasteiger partial charge in [-0.2, -0.15) is 0 Å². The molecule has 0 bridgehead atoms. The Hall–Kier alpha value is -1.34. The Kier molecular flexibility index (Phi) is 6.04. The number of nitrogens with zero attached hydrogens (tertiary/aromatic N) is 2. The van der Waals surface area contributed by atoms with Gasteiger partial charge in [-0.15, -0.1) is 0 Å². The molecule has 1 saturated heterocycles. The van der Waals surface area contributed by atoms with Crippen LogP contribution in [0.1, 0.15) is 13.3 Å². The van der Waals surface area contributed by atoms with Gasteiger partial charge in [0.15, 0.2) is 0 Å². The number of aliphatic carboxylic acids is 1. The van der Waals surface area contributed by atoms with E-state index in [-0.39, 0.29) is 25.0 Å². The highest BCUT2D eigenvalue weighted by Crippen LogP contribution is 2.08. The molecule has 0 aromatic heterocycles. The van der Waals surface area contributed by atoms with Crippen molar-refractivity contribution >= 4 is 12.0 Å². The van der Waals surface area contributed by atoms with Crippen LogP contribution in [-0.4, -0.2) is 79.4 Å². The van der Waals surface area contributed by atoms with E-state index in [1.54, 1.807) is 4.90 Å². The maximum absolute atomic E-state index is 12.0. The number of carboxylic acids is 1. The minimum atomic E-state index is -0.936. The Bertz CT molecular complexity index is 324. The van der Waals surface area contributed by atoms with Crippen molar-refractivity contribution in [2.45, 2.75) is 25.5 Å². The molecule has 0 aromatic rings. The summed E-state index contributed by atoms with van der Waals surface area (Å²) in [7, 11) is 3.47. The molecule has 0 radical (unpaired) electrons. The van der Waals surface area contributed by atoms with Gasteiger partial charge in [-0.1, -0.05) is 0 Å². The normalized spacial score (nSPS) is 22.1. The van der Waals surface area contributed by atoms with E-state index < -0.39 is 12.1 Å². The Morgan fingerprint density at radius 3 is 2.68 bits per heavy atom. The average molecular weight is 273 g/mol. The molecule has 1 heterocycles. The second kappa shape index (κ2) is 7.30. The first-order valence-corrected chi connectivity index (χ1v) is 6.41. The van der Waals surface area contributed by atoms with Crippen molar-refractivity contribution in [3.63, 3.8) is 0 Å². The van der Waals surface area contributed by atoms with Gasteiger partial charge >= 0.3 is 12.0 Å². The van der Waals surface area contributed by atoms with E-state index in [9.17, 15) is 9.59 Å². The van der Waals surface area contributed by atoms with Gasteiger partial charge < -0.3 is 25.0 Å². The molecule has 19 heavy (non-hydrogen) atoms. The zero-order valence-corrected chi connectivity index (χ0v) is 11.8. The smallest absolute Gasteiger partial charge is 0.317 e. The van der Waals surface area contributed by atoms with Crippen LogP contribution in [0.15, 0.2) is 0 Å². The lowest BCUT2D eigenvalue weighted by Crippen LogP contribution is -2.56. The van der Waals surface area contributed by atoms with Gasteiger partial charge in [0.2, 0.25) is 0 Å². The maximum atomic E-state index is 12.0. The van der Waals surface area contributed by atoms with Gasteiger partial charge in [0.1, 0.15) is 0 Å². The van der Waals surface area contributed by atoms with Gasteiger partial charge in [0, 0.05) is 39.3 Å². The molecule has 1 fully saturated rings. The van der Waals surface area contributed by atoms with Crippen LogP contribution in [0.3, 0.4) is 0 Å². The number of ether oxygens (including phenoxy) is 1. The molecule has 1 aliphatic heterocycles. The number of nitrogens with one attached hydrogen (secondary N) is 1. The van der Waals surface area contributed by atoms with Crippen molar-refractivity contribution in [2.24, 2.45) is 0 Å². The van der Waals surface area contributed by atoms with Gasteiger partial charge in [-0.25, -0.2) is 4.79 Å². The SMILES string of the molecule is COC(CNC(=O)N1CCN(C)CC1C)CC(=O)O. The molecule has 2 N–H and O–H groups in total. The first kappa shape index (κ1) is 15.7. The van der Waals surface area contributed by atoms with Crippen LogP contribution < -0.4 is 5.32 Å². The zero-order chi connectivity index (χ0) is 14.4. The molecule has 2 atom stereocenters. The highest BCUT2D eigenvalue weighted by Gasteiger charge is 2.26. The van der Waals surface area contributed by atoms with Crippen LogP contribution in [0.2, 0.25) is 0 Å². The lowest BCUT2D eigenvalue weighted by atomic mass is 10.2. The fourth-order valence-corrected chi connectivity index (χ4v) is 2.18. The molecule has 2 unspecified atom stereocenters. The third-order valence-electron chi connectivity index (χ3n) is 3.31.